The standard InChI is InChI=1S/C16H19BrN2O/c1-3-19(11-13-6-4-5-9-18-13)14-7-8-15(12(2)20)16(17)10-14/h4-10,12,20H,3,11H2,1-2H3. The maximum atomic E-state index is 9.67. The van der Waals surface area contributed by atoms with Gasteiger partial charge in [0.05, 0.1) is 18.3 Å². The van der Waals surface area contributed by atoms with Crippen molar-refractivity contribution in [1.82, 2.24) is 4.98 Å². The zero-order valence-electron chi connectivity index (χ0n) is 11.8. The van der Waals surface area contributed by atoms with E-state index in [1.165, 1.54) is 0 Å². The Balaban J connectivity index is 2.22. The highest BCUT2D eigenvalue weighted by Crippen LogP contribution is 2.28. The number of pyridine rings is 1. The van der Waals surface area contributed by atoms with Gasteiger partial charge < -0.3 is 10.0 Å². The molecule has 1 N–H and O–H groups in total. The molecule has 0 aliphatic rings. The van der Waals surface area contributed by atoms with E-state index in [1.807, 2.05) is 36.5 Å². The van der Waals surface area contributed by atoms with Gasteiger partial charge in [0.15, 0.2) is 0 Å². The fourth-order valence-electron chi connectivity index (χ4n) is 2.12. The van der Waals surface area contributed by atoms with Crippen LogP contribution in [0.5, 0.6) is 0 Å². The summed E-state index contributed by atoms with van der Waals surface area (Å²) in [4.78, 5) is 6.62. The number of anilines is 1. The van der Waals surface area contributed by atoms with Gasteiger partial charge in [0.25, 0.3) is 0 Å². The Morgan fingerprint density at radius 1 is 1.30 bits per heavy atom. The van der Waals surface area contributed by atoms with E-state index >= 15 is 0 Å². The van der Waals surface area contributed by atoms with Gasteiger partial charge in [0.1, 0.15) is 0 Å². The van der Waals surface area contributed by atoms with E-state index in [0.29, 0.717) is 0 Å². The molecular weight excluding hydrogens is 316 g/mol. The summed E-state index contributed by atoms with van der Waals surface area (Å²) in [7, 11) is 0. The lowest BCUT2D eigenvalue weighted by Gasteiger charge is -2.23. The van der Waals surface area contributed by atoms with Crippen LogP contribution in [-0.4, -0.2) is 16.6 Å². The lowest BCUT2D eigenvalue weighted by molar-refractivity contribution is 0.198. The maximum absolute atomic E-state index is 9.67. The fraction of sp³-hybridized carbons (Fsp3) is 0.312. The average molecular weight is 335 g/mol. The molecule has 0 bridgehead atoms. The molecule has 0 radical (unpaired) electrons. The topological polar surface area (TPSA) is 36.4 Å². The number of rotatable bonds is 5. The summed E-state index contributed by atoms with van der Waals surface area (Å²) >= 11 is 3.53. The molecule has 3 nitrogen and oxygen atoms in total. The molecule has 20 heavy (non-hydrogen) atoms. The van der Waals surface area contributed by atoms with Crippen LogP contribution in [0, 0.1) is 0 Å². The number of nitrogens with zero attached hydrogens (tertiary/aromatic N) is 2. The van der Waals surface area contributed by atoms with Gasteiger partial charge in [-0.1, -0.05) is 28.1 Å². The number of hydrogen-bond donors (Lipinski definition) is 1. The molecule has 0 fully saturated rings. The van der Waals surface area contributed by atoms with Gasteiger partial charge in [0, 0.05) is 22.9 Å². The lowest BCUT2D eigenvalue weighted by Crippen LogP contribution is -2.22. The van der Waals surface area contributed by atoms with Crippen molar-refractivity contribution in [2.75, 3.05) is 11.4 Å². The van der Waals surface area contributed by atoms with E-state index in [0.717, 1.165) is 34.5 Å². The van der Waals surface area contributed by atoms with E-state index < -0.39 is 6.10 Å². The van der Waals surface area contributed by atoms with Gasteiger partial charge in [-0.25, -0.2) is 0 Å². The van der Waals surface area contributed by atoms with Crippen LogP contribution in [0.2, 0.25) is 0 Å². The minimum Gasteiger partial charge on any atom is -0.389 e. The van der Waals surface area contributed by atoms with Crippen LogP contribution in [0.3, 0.4) is 0 Å². The number of hydrogen-bond acceptors (Lipinski definition) is 3. The second-order valence-corrected chi connectivity index (χ2v) is 5.57. The Kier molecular flexibility index (Phi) is 5.15. The zero-order chi connectivity index (χ0) is 14.5. The Morgan fingerprint density at radius 2 is 2.10 bits per heavy atom. The van der Waals surface area contributed by atoms with Crippen LogP contribution in [0.15, 0.2) is 47.1 Å². The lowest BCUT2D eigenvalue weighted by atomic mass is 10.1. The van der Waals surface area contributed by atoms with Gasteiger partial charge in [0.2, 0.25) is 0 Å². The Bertz CT molecular complexity index is 558. The summed E-state index contributed by atoms with van der Waals surface area (Å²) in [5, 5.41) is 9.67. The highest BCUT2D eigenvalue weighted by atomic mass is 79.9. The summed E-state index contributed by atoms with van der Waals surface area (Å²) in [5.41, 5.74) is 3.07. The minimum atomic E-state index is -0.468. The molecule has 1 heterocycles. The number of halogens is 1. The molecule has 1 atom stereocenters. The number of benzene rings is 1. The molecule has 0 spiro atoms. The van der Waals surface area contributed by atoms with Crippen molar-refractivity contribution in [1.29, 1.82) is 0 Å². The predicted octanol–water partition coefficient (Wildman–Crippen LogP) is 3.92. The van der Waals surface area contributed by atoms with E-state index in [-0.39, 0.29) is 0 Å². The largest absolute Gasteiger partial charge is 0.389 e. The van der Waals surface area contributed by atoms with E-state index in [1.54, 1.807) is 6.92 Å². The summed E-state index contributed by atoms with van der Waals surface area (Å²) in [6, 6.07) is 12.0. The van der Waals surface area contributed by atoms with Crippen LogP contribution >= 0.6 is 15.9 Å². The first-order chi connectivity index (χ1) is 9.61. The first kappa shape index (κ1) is 15.0. The van der Waals surface area contributed by atoms with Gasteiger partial charge in [-0.15, -0.1) is 0 Å². The smallest absolute Gasteiger partial charge is 0.0772 e. The zero-order valence-corrected chi connectivity index (χ0v) is 13.3. The first-order valence-corrected chi connectivity index (χ1v) is 7.53. The second-order valence-electron chi connectivity index (χ2n) is 4.72. The number of aromatic nitrogens is 1. The summed E-state index contributed by atoms with van der Waals surface area (Å²) in [6.45, 7) is 5.57. The van der Waals surface area contributed by atoms with Crippen LogP contribution in [0.4, 0.5) is 5.69 Å². The van der Waals surface area contributed by atoms with Gasteiger partial charge >= 0.3 is 0 Å². The predicted molar refractivity (Wildman–Crippen MR) is 85.7 cm³/mol. The Hall–Kier alpha value is -1.39. The normalized spacial score (nSPS) is 12.2. The van der Waals surface area contributed by atoms with Crippen LogP contribution in [-0.2, 0) is 6.54 Å². The molecule has 0 amide bonds. The molecule has 0 aliphatic carbocycles. The molecule has 1 unspecified atom stereocenters. The van der Waals surface area contributed by atoms with E-state index in [4.69, 9.17) is 0 Å². The monoisotopic (exact) mass is 334 g/mol. The second kappa shape index (κ2) is 6.86. The third kappa shape index (κ3) is 3.58. The minimum absolute atomic E-state index is 0.468. The van der Waals surface area contributed by atoms with E-state index in [9.17, 15) is 5.11 Å². The van der Waals surface area contributed by atoms with Crippen molar-refractivity contribution in [3.05, 3.63) is 58.3 Å². The van der Waals surface area contributed by atoms with Crippen molar-refractivity contribution in [3.63, 3.8) is 0 Å². The molecule has 1 aromatic heterocycles. The van der Waals surface area contributed by atoms with Crippen molar-refractivity contribution >= 4 is 21.6 Å². The van der Waals surface area contributed by atoms with Crippen LogP contribution < -0.4 is 4.90 Å². The summed E-state index contributed by atoms with van der Waals surface area (Å²) in [5.74, 6) is 0. The van der Waals surface area contributed by atoms with Crippen molar-refractivity contribution in [2.45, 2.75) is 26.5 Å². The van der Waals surface area contributed by atoms with Gasteiger partial charge in [-0.05, 0) is 43.7 Å². The summed E-state index contributed by atoms with van der Waals surface area (Å²) in [6.07, 6.45) is 1.35. The first-order valence-electron chi connectivity index (χ1n) is 6.74. The highest BCUT2D eigenvalue weighted by molar-refractivity contribution is 9.10. The maximum Gasteiger partial charge on any atom is 0.0772 e. The summed E-state index contributed by atoms with van der Waals surface area (Å²) < 4.78 is 0.935. The van der Waals surface area contributed by atoms with Crippen molar-refractivity contribution in [3.8, 4) is 0 Å². The molecular formula is C16H19BrN2O. The van der Waals surface area contributed by atoms with Crippen LogP contribution in [0.25, 0.3) is 0 Å². The third-order valence-electron chi connectivity index (χ3n) is 3.26. The van der Waals surface area contributed by atoms with Crippen LogP contribution in [0.1, 0.15) is 31.2 Å². The van der Waals surface area contributed by atoms with Gasteiger partial charge in [-0.2, -0.15) is 0 Å². The molecule has 4 heteroatoms. The van der Waals surface area contributed by atoms with Gasteiger partial charge in [-0.3, -0.25) is 4.98 Å². The average Bonchev–Trinajstić information content (AvgIpc) is 2.45. The van der Waals surface area contributed by atoms with Crippen molar-refractivity contribution < 1.29 is 5.11 Å². The SMILES string of the molecule is CCN(Cc1ccccn1)c1ccc(C(C)O)c(Br)c1. The number of aliphatic hydroxyl groups is 1. The number of aliphatic hydroxyl groups excluding tert-OH is 1. The molecule has 106 valence electrons. The highest BCUT2D eigenvalue weighted by Gasteiger charge is 2.11. The van der Waals surface area contributed by atoms with E-state index in [2.05, 4.69) is 38.8 Å². The molecule has 1 aromatic carbocycles. The third-order valence-corrected chi connectivity index (χ3v) is 3.95. The Labute approximate surface area is 128 Å². The quantitative estimate of drug-likeness (QED) is 0.900. The molecule has 0 saturated carbocycles. The molecule has 0 saturated heterocycles. The fourth-order valence-corrected chi connectivity index (χ4v) is 2.82. The molecule has 2 aromatic rings. The molecule has 2 rings (SSSR count). The van der Waals surface area contributed by atoms with Crippen molar-refractivity contribution in [2.24, 2.45) is 0 Å². The Morgan fingerprint density at radius 3 is 2.65 bits per heavy atom. The molecule has 0 aliphatic heterocycles.